The SMILES string of the molecule is CCCCCCCCCCCC(=O)OCCOCCOC(=O)CCCCCCC. The Labute approximate surface area is 179 Å². The maximum Gasteiger partial charge on any atom is 0.305 e. The minimum absolute atomic E-state index is 0.147. The van der Waals surface area contributed by atoms with E-state index in [2.05, 4.69) is 13.8 Å². The van der Waals surface area contributed by atoms with Crippen molar-refractivity contribution in [3.05, 3.63) is 0 Å². The third-order valence-electron chi connectivity index (χ3n) is 4.95. The lowest BCUT2D eigenvalue weighted by Gasteiger charge is -2.07. The molecule has 0 aromatic carbocycles. The first-order chi connectivity index (χ1) is 14.2. The number of hydrogen-bond acceptors (Lipinski definition) is 5. The van der Waals surface area contributed by atoms with Crippen LogP contribution in [-0.2, 0) is 23.8 Å². The summed E-state index contributed by atoms with van der Waals surface area (Å²) < 4.78 is 15.6. The van der Waals surface area contributed by atoms with Crippen LogP contribution in [-0.4, -0.2) is 38.4 Å². The summed E-state index contributed by atoms with van der Waals surface area (Å²) in [5.74, 6) is -0.302. The van der Waals surface area contributed by atoms with Gasteiger partial charge in [0.05, 0.1) is 13.2 Å². The van der Waals surface area contributed by atoms with Gasteiger partial charge in [0.2, 0.25) is 0 Å². The Morgan fingerprint density at radius 3 is 1.21 bits per heavy atom. The molecular formula is C24H46O5. The highest BCUT2D eigenvalue weighted by molar-refractivity contribution is 5.69. The molecule has 0 saturated carbocycles. The van der Waals surface area contributed by atoms with Crippen LogP contribution in [0.15, 0.2) is 0 Å². The molecule has 0 rings (SSSR count). The molecule has 0 amide bonds. The van der Waals surface area contributed by atoms with Gasteiger partial charge in [0.25, 0.3) is 0 Å². The lowest BCUT2D eigenvalue weighted by atomic mass is 10.1. The molecule has 0 N–H and O–H groups in total. The van der Waals surface area contributed by atoms with Crippen LogP contribution in [0.3, 0.4) is 0 Å². The van der Waals surface area contributed by atoms with Crippen molar-refractivity contribution in [2.75, 3.05) is 26.4 Å². The first-order valence-corrected chi connectivity index (χ1v) is 12.1. The molecular weight excluding hydrogens is 368 g/mol. The molecule has 0 atom stereocenters. The summed E-state index contributed by atoms with van der Waals surface area (Å²) in [5, 5.41) is 0. The zero-order valence-electron chi connectivity index (χ0n) is 19.2. The van der Waals surface area contributed by atoms with Crippen molar-refractivity contribution < 1.29 is 23.8 Å². The molecule has 0 spiro atoms. The Kier molecular flexibility index (Phi) is 22.3. The number of carbonyl (C=O) groups excluding carboxylic acids is 2. The Morgan fingerprint density at radius 1 is 0.483 bits per heavy atom. The first kappa shape index (κ1) is 27.9. The number of hydrogen-bond donors (Lipinski definition) is 0. The summed E-state index contributed by atoms with van der Waals surface area (Å²) in [4.78, 5) is 23.2. The van der Waals surface area contributed by atoms with E-state index in [0.717, 1.165) is 25.7 Å². The van der Waals surface area contributed by atoms with Crippen molar-refractivity contribution in [2.45, 2.75) is 117 Å². The van der Waals surface area contributed by atoms with Gasteiger partial charge in [-0.05, 0) is 12.8 Å². The van der Waals surface area contributed by atoms with Crippen LogP contribution in [0.25, 0.3) is 0 Å². The topological polar surface area (TPSA) is 61.8 Å². The molecule has 0 aliphatic carbocycles. The fraction of sp³-hybridized carbons (Fsp3) is 0.917. The fourth-order valence-electron chi connectivity index (χ4n) is 3.13. The molecule has 0 aliphatic heterocycles. The third-order valence-corrected chi connectivity index (χ3v) is 4.95. The second kappa shape index (κ2) is 23.2. The van der Waals surface area contributed by atoms with Crippen molar-refractivity contribution in [1.29, 1.82) is 0 Å². The van der Waals surface area contributed by atoms with E-state index in [-0.39, 0.29) is 25.2 Å². The molecule has 172 valence electrons. The minimum atomic E-state index is -0.155. The Bertz CT molecular complexity index is 370. The molecule has 0 fully saturated rings. The van der Waals surface area contributed by atoms with E-state index in [4.69, 9.17) is 14.2 Å². The van der Waals surface area contributed by atoms with Crippen LogP contribution in [0.4, 0.5) is 0 Å². The van der Waals surface area contributed by atoms with Gasteiger partial charge < -0.3 is 14.2 Å². The van der Waals surface area contributed by atoms with E-state index in [1.54, 1.807) is 0 Å². The van der Waals surface area contributed by atoms with Crippen LogP contribution in [0.2, 0.25) is 0 Å². The normalized spacial score (nSPS) is 10.8. The Balaban J connectivity index is 3.26. The van der Waals surface area contributed by atoms with Crippen molar-refractivity contribution in [3.63, 3.8) is 0 Å². The van der Waals surface area contributed by atoms with Gasteiger partial charge in [0.1, 0.15) is 13.2 Å². The van der Waals surface area contributed by atoms with Gasteiger partial charge in [-0.15, -0.1) is 0 Å². The Morgan fingerprint density at radius 2 is 0.828 bits per heavy atom. The predicted octanol–water partition coefficient (Wildman–Crippen LogP) is 6.37. The molecule has 5 nitrogen and oxygen atoms in total. The monoisotopic (exact) mass is 414 g/mol. The number of esters is 2. The minimum Gasteiger partial charge on any atom is -0.463 e. The van der Waals surface area contributed by atoms with Gasteiger partial charge in [0.15, 0.2) is 0 Å². The highest BCUT2D eigenvalue weighted by atomic mass is 16.6. The second-order valence-corrected chi connectivity index (χ2v) is 7.80. The van der Waals surface area contributed by atoms with E-state index >= 15 is 0 Å². The van der Waals surface area contributed by atoms with Crippen molar-refractivity contribution >= 4 is 11.9 Å². The van der Waals surface area contributed by atoms with E-state index in [9.17, 15) is 9.59 Å². The van der Waals surface area contributed by atoms with E-state index in [1.165, 1.54) is 64.2 Å². The summed E-state index contributed by atoms with van der Waals surface area (Å²) in [5.41, 5.74) is 0. The standard InChI is InChI=1S/C24H46O5/c1-3-5-7-9-10-11-12-14-16-18-24(26)29-22-20-27-19-21-28-23(25)17-15-13-8-6-4-2/h3-22H2,1-2H3. The molecule has 29 heavy (non-hydrogen) atoms. The van der Waals surface area contributed by atoms with Gasteiger partial charge >= 0.3 is 11.9 Å². The maximum absolute atomic E-state index is 11.6. The van der Waals surface area contributed by atoms with E-state index in [0.29, 0.717) is 26.1 Å². The zero-order chi connectivity index (χ0) is 21.4. The van der Waals surface area contributed by atoms with Gasteiger partial charge in [-0.3, -0.25) is 9.59 Å². The lowest BCUT2D eigenvalue weighted by molar-refractivity contribution is -0.146. The molecule has 0 radical (unpaired) electrons. The molecule has 0 unspecified atom stereocenters. The predicted molar refractivity (Wildman–Crippen MR) is 118 cm³/mol. The first-order valence-electron chi connectivity index (χ1n) is 12.1. The van der Waals surface area contributed by atoms with Crippen LogP contribution >= 0.6 is 0 Å². The summed E-state index contributed by atoms with van der Waals surface area (Å²) >= 11 is 0. The van der Waals surface area contributed by atoms with E-state index < -0.39 is 0 Å². The van der Waals surface area contributed by atoms with Crippen LogP contribution in [0, 0.1) is 0 Å². The smallest absolute Gasteiger partial charge is 0.305 e. The maximum atomic E-state index is 11.6. The van der Waals surface area contributed by atoms with Crippen LogP contribution in [0.5, 0.6) is 0 Å². The van der Waals surface area contributed by atoms with Crippen molar-refractivity contribution in [2.24, 2.45) is 0 Å². The average molecular weight is 415 g/mol. The third kappa shape index (κ3) is 23.0. The molecule has 0 aromatic heterocycles. The molecule has 0 aromatic rings. The zero-order valence-corrected chi connectivity index (χ0v) is 19.2. The number of rotatable bonds is 22. The Hall–Kier alpha value is -1.10. The summed E-state index contributed by atoms with van der Waals surface area (Å²) in [6.45, 7) is 5.63. The quantitative estimate of drug-likeness (QED) is 0.152. The molecule has 0 aliphatic rings. The average Bonchev–Trinajstić information content (AvgIpc) is 2.71. The summed E-state index contributed by atoms with van der Waals surface area (Å²) in [6.07, 6.45) is 17.7. The van der Waals surface area contributed by atoms with Crippen LogP contribution in [0.1, 0.15) is 117 Å². The highest BCUT2D eigenvalue weighted by Gasteiger charge is 2.04. The van der Waals surface area contributed by atoms with Crippen LogP contribution < -0.4 is 0 Å². The fourth-order valence-corrected chi connectivity index (χ4v) is 3.13. The number of unbranched alkanes of at least 4 members (excludes halogenated alkanes) is 12. The molecule has 0 saturated heterocycles. The van der Waals surface area contributed by atoms with Gasteiger partial charge in [0, 0.05) is 12.8 Å². The van der Waals surface area contributed by atoms with Crippen molar-refractivity contribution in [1.82, 2.24) is 0 Å². The van der Waals surface area contributed by atoms with E-state index in [1.807, 2.05) is 0 Å². The van der Waals surface area contributed by atoms with Gasteiger partial charge in [-0.25, -0.2) is 0 Å². The summed E-state index contributed by atoms with van der Waals surface area (Å²) in [7, 11) is 0. The largest absolute Gasteiger partial charge is 0.463 e. The molecule has 5 heteroatoms. The highest BCUT2D eigenvalue weighted by Crippen LogP contribution is 2.10. The number of carbonyl (C=O) groups is 2. The second-order valence-electron chi connectivity index (χ2n) is 7.80. The van der Waals surface area contributed by atoms with Gasteiger partial charge in [-0.2, -0.15) is 0 Å². The van der Waals surface area contributed by atoms with Gasteiger partial charge in [-0.1, -0.05) is 90.9 Å². The molecule has 0 heterocycles. The number of ether oxygens (including phenoxy) is 3. The lowest BCUT2D eigenvalue weighted by Crippen LogP contribution is -2.14. The van der Waals surface area contributed by atoms with Crippen molar-refractivity contribution in [3.8, 4) is 0 Å². The summed E-state index contributed by atoms with van der Waals surface area (Å²) in [6, 6.07) is 0. The molecule has 0 bridgehead atoms.